The van der Waals surface area contributed by atoms with E-state index in [0.717, 1.165) is 73.0 Å². The topological polar surface area (TPSA) is 54.5 Å². The molecule has 7 aromatic rings. The number of pyridine rings is 1. The lowest BCUT2D eigenvalue weighted by molar-refractivity contribution is 0.908. The van der Waals surface area contributed by atoms with Crippen molar-refractivity contribution in [1.29, 1.82) is 5.26 Å². The third-order valence-electron chi connectivity index (χ3n) is 7.37. The molecule has 0 fully saturated rings. The summed E-state index contributed by atoms with van der Waals surface area (Å²) in [5, 5.41) is 12.5. The average Bonchev–Trinajstić information content (AvgIpc) is 3.40. The molecule has 0 N–H and O–H groups in total. The number of rotatable bonds is 4. The Morgan fingerprint density at radius 2 is 1.46 bits per heavy atom. The quantitative estimate of drug-likeness (QED) is 0.228. The van der Waals surface area contributed by atoms with Gasteiger partial charge < -0.3 is 0 Å². The molecule has 5 aromatic carbocycles. The first-order valence-electron chi connectivity index (χ1n) is 13.1. The van der Waals surface area contributed by atoms with Gasteiger partial charge in [-0.05, 0) is 59.0 Å². The number of nitrogens with zero attached hydrogens (tertiary/aromatic N) is 4. The fourth-order valence-corrected chi connectivity index (χ4v) is 5.53. The van der Waals surface area contributed by atoms with Crippen LogP contribution < -0.4 is 0 Å². The third-order valence-corrected chi connectivity index (χ3v) is 7.37. The van der Waals surface area contributed by atoms with Gasteiger partial charge in [-0.1, -0.05) is 79.7 Å². The highest BCUT2D eigenvalue weighted by atomic mass is 15.1. The molecule has 2 aromatic heterocycles. The molecule has 0 amide bonds. The fourth-order valence-electron chi connectivity index (χ4n) is 5.53. The lowest BCUT2D eigenvalue weighted by atomic mass is 9.96. The Bertz CT molecular complexity index is 2050. The van der Waals surface area contributed by atoms with E-state index in [9.17, 15) is 5.26 Å². The predicted octanol–water partition coefficient (Wildman–Crippen LogP) is 8.49. The zero-order chi connectivity index (χ0) is 26.3. The number of aryl methyl sites for hydroxylation is 1. The molecule has 184 valence electrons. The molecule has 0 spiro atoms. The van der Waals surface area contributed by atoms with Gasteiger partial charge in [0.1, 0.15) is 5.82 Å². The first kappa shape index (κ1) is 22.9. The normalized spacial score (nSPS) is 11.3. The summed E-state index contributed by atoms with van der Waals surface area (Å²) in [7, 11) is 0. The van der Waals surface area contributed by atoms with Crippen LogP contribution >= 0.6 is 0 Å². The molecule has 39 heavy (non-hydrogen) atoms. The average molecular weight is 501 g/mol. The van der Waals surface area contributed by atoms with Crippen LogP contribution in [0.2, 0.25) is 0 Å². The Morgan fingerprint density at radius 1 is 0.692 bits per heavy atom. The van der Waals surface area contributed by atoms with E-state index in [0.29, 0.717) is 5.56 Å². The molecule has 2 heterocycles. The highest BCUT2D eigenvalue weighted by molar-refractivity contribution is 6.20. The number of aromatic nitrogens is 3. The summed E-state index contributed by atoms with van der Waals surface area (Å²) in [5.74, 6) is 1.02. The van der Waals surface area contributed by atoms with E-state index < -0.39 is 0 Å². The number of nitriles is 1. The standard InChI is InChI=1S/C35H24N4/c1-2-32-38-35-31(39(32)27-11-4-3-5-12-27)20-19-29-28-13-6-7-14-30(28)37-34(33(29)35)26-10-8-9-25(21-26)24-17-15-23(22-36)16-18-24/h3-21H,2H2,1H3. The van der Waals surface area contributed by atoms with Crippen molar-refractivity contribution in [2.24, 2.45) is 0 Å². The van der Waals surface area contributed by atoms with E-state index in [1.165, 1.54) is 0 Å². The minimum absolute atomic E-state index is 0.653. The van der Waals surface area contributed by atoms with Gasteiger partial charge in [-0.2, -0.15) is 5.26 Å². The van der Waals surface area contributed by atoms with Crippen molar-refractivity contribution in [2.45, 2.75) is 13.3 Å². The molecule has 0 saturated carbocycles. The molecule has 0 radical (unpaired) electrons. The smallest absolute Gasteiger partial charge is 0.114 e. The van der Waals surface area contributed by atoms with Crippen molar-refractivity contribution >= 4 is 32.7 Å². The maximum Gasteiger partial charge on any atom is 0.114 e. The van der Waals surface area contributed by atoms with Gasteiger partial charge in [0.05, 0.1) is 33.9 Å². The van der Waals surface area contributed by atoms with Crippen molar-refractivity contribution in [2.75, 3.05) is 0 Å². The van der Waals surface area contributed by atoms with Crippen molar-refractivity contribution in [3.8, 4) is 34.1 Å². The molecule has 0 aliphatic carbocycles. The van der Waals surface area contributed by atoms with Crippen LogP contribution in [0.1, 0.15) is 18.3 Å². The highest BCUT2D eigenvalue weighted by Crippen LogP contribution is 2.39. The largest absolute Gasteiger partial charge is 0.296 e. The van der Waals surface area contributed by atoms with E-state index in [1.807, 2.05) is 36.4 Å². The first-order chi connectivity index (χ1) is 19.2. The SMILES string of the molecule is CCc1nc2c3c(-c4cccc(-c5ccc(C#N)cc5)c4)nc4ccccc4c3ccc2n1-c1ccccc1. The van der Waals surface area contributed by atoms with Crippen molar-refractivity contribution in [3.05, 3.63) is 127 Å². The Morgan fingerprint density at radius 3 is 2.26 bits per heavy atom. The summed E-state index contributed by atoms with van der Waals surface area (Å²) in [6.07, 6.45) is 0.815. The van der Waals surface area contributed by atoms with Crippen molar-refractivity contribution in [3.63, 3.8) is 0 Å². The zero-order valence-corrected chi connectivity index (χ0v) is 21.5. The molecule has 0 aliphatic heterocycles. The van der Waals surface area contributed by atoms with Crippen LogP contribution in [0, 0.1) is 11.3 Å². The number of imidazole rings is 1. The van der Waals surface area contributed by atoms with Crippen LogP contribution in [0.15, 0.2) is 115 Å². The van der Waals surface area contributed by atoms with Crippen molar-refractivity contribution < 1.29 is 0 Å². The van der Waals surface area contributed by atoms with Gasteiger partial charge in [-0.3, -0.25) is 4.57 Å². The predicted molar refractivity (Wildman–Crippen MR) is 159 cm³/mol. The monoisotopic (exact) mass is 500 g/mol. The van der Waals surface area contributed by atoms with Gasteiger partial charge in [-0.15, -0.1) is 0 Å². The molecule has 0 atom stereocenters. The maximum absolute atomic E-state index is 9.21. The highest BCUT2D eigenvalue weighted by Gasteiger charge is 2.19. The second-order valence-corrected chi connectivity index (χ2v) is 9.66. The van der Waals surface area contributed by atoms with E-state index in [1.54, 1.807) is 0 Å². The fraction of sp³-hybridized carbons (Fsp3) is 0.0571. The lowest BCUT2D eigenvalue weighted by Gasteiger charge is -2.13. The third kappa shape index (κ3) is 3.75. The van der Waals surface area contributed by atoms with Gasteiger partial charge in [0, 0.05) is 28.4 Å². The van der Waals surface area contributed by atoms with Crippen LogP contribution in [0.5, 0.6) is 0 Å². The summed E-state index contributed by atoms with van der Waals surface area (Å²) >= 11 is 0. The second kappa shape index (κ2) is 9.24. The molecular weight excluding hydrogens is 476 g/mol. The van der Waals surface area contributed by atoms with E-state index in [-0.39, 0.29) is 0 Å². The van der Waals surface area contributed by atoms with Crippen LogP contribution in [-0.4, -0.2) is 14.5 Å². The molecule has 0 aliphatic rings. The number of para-hydroxylation sites is 2. The summed E-state index contributed by atoms with van der Waals surface area (Å²) < 4.78 is 2.26. The van der Waals surface area contributed by atoms with E-state index in [4.69, 9.17) is 9.97 Å². The summed E-state index contributed by atoms with van der Waals surface area (Å²) in [4.78, 5) is 10.5. The Kier molecular flexibility index (Phi) is 5.42. The minimum atomic E-state index is 0.653. The van der Waals surface area contributed by atoms with Gasteiger partial charge in [0.2, 0.25) is 0 Å². The van der Waals surface area contributed by atoms with Crippen LogP contribution in [-0.2, 0) is 6.42 Å². The number of hydrogen-bond donors (Lipinski definition) is 0. The van der Waals surface area contributed by atoms with Crippen LogP contribution in [0.25, 0.3) is 60.8 Å². The number of fused-ring (bicyclic) bond motifs is 5. The van der Waals surface area contributed by atoms with E-state index >= 15 is 0 Å². The molecule has 0 unspecified atom stereocenters. The van der Waals surface area contributed by atoms with Gasteiger partial charge in [0.25, 0.3) is 0 Å². The van der Waals surface area contributed by atoms with Gasteiger partial charge in [-0.25, -0.2) is 9.97 Å². The summed E-state index contributed by atoms with van der Waals surface area (Å²) in [6, 6.07) is 41.6. The summed E-state index contributed by atoms with van der Waals surface area (Å²) in [6.45, 7) is 2.15. The molecule has 4 heteroatoms. The Balaban J connectivity index is 1.55. The molecule has 0 saturated heterocycles. The van der Waals surface area contributed by atoms with Gasteiger partial charge >= 0.3 is 0 Å². The Labute approximate surface area is 226 Å². The molecular formula is C35H24N4. The molecule has 7 rings (SSSR count). The summed E-state index contributed by atoms with van der Waals surface area (Å²) in [5.41, 5.74) is 8.86. The van der Waals surface area contributed by atoms with Crippen molar-refractivity contribution in [1.82, 2.24) is 14.5 Å². The van der Waals surface area contributed by atoms with E-state index in [2.05, 4.69) is 96.4 Å². The maximum atomic E-state index is 9.21. The first-order valence-corrected chi connectivity index (χ1v) is 13.1. The second-order valence-electron chi connectivity index (χ2n) is 9.66. The van der Waals surface area contributed by atoms with Crippen LogP contribution in [0.3, 0.4) is 0 Å². The lowest BCUT2D eigenvalue weighted by Crippen LogP contribution is -1.99. The zero-order valence-electron chi connectivity index (χ0n) is 21.5. The Hall–Kier alpha value is -5.27. The van der Waals surface area contributed by atoms with Gasteiger partial charge in [0.15, 0.2) is 0 Å². The minimum Gasteiger partial charge on any atom is -0.296 e. The molecule has 0 bridgehead atoms. The number of hydrogen-bond acceptors (Lipinski definition) is 3. The van der Waals surface area contributed by atoms with Crippen LogP contribution in [0.4, 0.5) is 0 Å². The molecule has 4 nitrogen and oxygen atoms in total. The number of benzene rings is 5.